The monoisotopic (exact) mass is 182 g/mol. The van der Waals surface area contributed by atoms with Crippen LogP contribution < -0.4 is 5.73 Å². The van der Waals surface area contributed by atoms with E-state index in [4.69, 9.17) is 10.3 Å². The number of nitrogens with two attached hydrogens (primary N) is 1. The number of hydrogen-bond acceptors (Lipinski definition) is 5. The first-order chi connectivity index (χ1) is 6.38. The van der Waals surface area contributed by atoms with E-state index >= 15 is 0 Å². The predicted octanol–water partition coefficient (Wildman–Crippen LogP) is 0.124. The van der Waals surface area contributed by atoms with Crippen molar-refractivity contribution in [2.24, 2.45) is 5.73 Å². The maximum Gasteiger partial charge on any atom is 0.240 e. The van der Waals surface area contributed by atoms with E-state index in [2.05, 4.69) is 15.0 Å². The van der Waals surface area contributed by atoms with Gasteiger partial charge in [0.15, 0.2) is 5.82 Å². The Labute approximate surface area is 76.9 Å². The van der Waals surface area contributed by atoms with Gasteiger partial charge in [-0.25, -0.2) is 0 Å². The molecule has 0 amide bonds. The number of likely N-dealkylation sites (tertiary alicyclic amines) is 1. The standard InChI is InChI=1S/C8H14N4O/c9-5-8-10-7(11-13-8)6-12-3-1-2-4-12/h1-6,9H2. The molecule has 5 heteroatoms. The average Bonchev–Trinajstić information content (AvgIpc) is 2.76. The van der Waals surface area contributed by atoms with E-state index in [-0.39, 0.29) is 0 Å². The van der Waals surface area contributed by atoms with Crippen LogP contribution in [0.2, 0.25) is 0 Å². The molecule has 2 rings (SSSR count). The SMILES string of the molecule is NCc1nc(CN2CCCC2)no1. The fourth-order valence-electron chi connectivity index (χ4n) is 1.58. The van der Waals surface area contributed by atoms with Gasteiger partial charge in [-0.3, -0.25) is 4.90 Å². The second-order valence-electron chi connectivity index (χ2n) is 3.29. The lowest BCUT2D eigenvalue weighted by Crippen LogP contribution is -2.19. The van der Waals surface area contributed by atoms with Crippen LogP contribution in [0.25, 0.3) is 0 Å². The molecule has 13 heavy (non-hydrogen) atoms. The lowest BCUT2D eigenvalue weighted by molar-refractivity contribution is 0.309. The Morgan fingerprint density at radius 3 is 2.77 bits per heavy atom. The molecule has 1 saturated heterocycles. The van der Waals surface area contributed by atoms with Crippen LogP contribution in [0.3, 0.4) is 0 Å². The minimum Gasteiger partial charge on any atom is -0.338 e. The first-order valence-corrected chi connectivity index (χ1v) is 4.62. The molecule has 0 radical (unpaired) electrons. The molecule has 1 aliphatic heterocycles. The van der Waals surface area contributed by atoms with E-state index in [0.29, 0.717) is 12.4 Å². The zero-order valence-corrected chi connectivity index (χ0v) is 7.57. The fourth-order valence-corrected chi connectivity index (χ4v) is 1.58. The lowest BCUT2D eigenvalue weighted by Gasteiger charge is -2.10. The van der Waals surface area contributed by atoms with Crippen LogP contribution in [-0.2, 0) is 13.1 Å². The number of aromatic nitrogens is 2. The second-order valence-corrected chi connectivity index (χ2v) is 3.29. The Morgan fingerprint density at radius 2 is 2.15 bits per heavy atom. The summed E-state index contributed by atoms with van der Waals surface area (Å²) in [6.07, 6.45) is 2.56. The van der Waals surface area contributed by atoms with Crippen molar-refractivity contribution in [2.75, 3.05) is 13.1 Å². The molecule has 0 spiro atoms. The van der Waals surface area contributed by atoms with E-state index in [1.807, 2.05) is 0 Å². The molecule has 1 aliphatic rings. The van der Waals surface area contributed by atoms with Gasteiger partial charge in [0, 0.05) is 0 Å². The van der Waals surface area contributed by atoms with E-state index in [9.17, 15) is 0 Å². The Hall–Kier alpha value is -0.940. The fraction of sp³-hybridized carbons (Fsp3) is 0.750. The van der Waals surface area contributed by atoms with Crippen LogP contribution in [0, 0.1) is 0 Å². The van der Waals surface area contributed by atoms with Gasteiger partial charge in [0.05, 0.1) is 13.1 Å². The second kappa shape index (κ2) is 3.85. The Bertz CT molecular complexity index is 267. The first-order valence-electron chi connectivity index (χ1n) is 4.62. The van der Waals surface area contributed by atoms with E-state index in [1.54, 1.807) is 0 Å². The highest BCUT2D eigenvalue weighted by Crippen LogP contribution is 2.10. The molecule has 0 aliphatic carbocycles. The molecule has 0 unspecified atom stereocenters. The highest BCUT2D eigenvalue weighted by molar-refractivity contribution is 4.86. The third-order valence-electron chi connectivity index (χ3n) is 2.25. The van der Waals surface area contributed by atoms with Crippen molar-refractivity contribution < 1.29 is 4.52 Å². The summed E-state index contributed by atoms with van der Waals surface area (Å²) in [6.45, 7) is 3.41. The third-order valence-corrected chi connectivity index (χ3v) is 2.25. The van der Waals surface area contributed by atoms with Crippen molar-refractivity contribution >= 4 is 0 Å². The molecule has 1 aromatic heterocycles. The summed E-state index contributed by atoms with van der Waals surface area (Å²) in [5.41, 5.74) is 5.36. The van der Waals surface area contributed by atoms with Crippen LogP contribution in [0.1, 0.15) is 24.6 Å². The van der Waals surface area contributed by atoms with Gasteiger partial charge in [-0.1, -0.05) is 5.16 Å². The zero-order valence-electron chi connectivity index (χ0n) is 7.57. The number of nitrogens with zero attached hydrogens (tertiary/aromatic N) is 3. The van der Waals surface area contributed by atoms with Crippen molar-refractivity contribution in [3.8, 4) is 0 Å². The zero-order chi connectivity index (χ0) is 9.10. The van der Waals surface area contributed by atoms with Gasteiger partial charge in [-0.05, 0) is 25.9 Å². The molecule has 0 saturated carbocycles. The topological polar surface area (TPSA) is 68.2 Å². The van der Waals surface area contributed by atoms with Gasteiger partial charge in [0.1, 0.15) is 0 Å². The van der Waals surface area contributed by atoms with Crippen LogP contribution in [0.15, 0.2) is 4.52 Å². The summed E-state index contributed by atoms with van der Waals surface area (Å²) < 4.78 is 4.91. The number of hydrogen-bond donors (Lipinski definition) is 1. The highest BCUT2D eigenvalue weighted by atomic mass is 16.5. The average molecular weight is 182 g/mol. The Kier molecular flexibility index (Phi) is 2.56. The molecule has 1 fully saturated rings. The number of rotatable bonds is 3. The summed E-state index contributed by atoms with van der Waals surface area (Å²) >= 11 is 0. The van der Waals surface area contributed by atoms with Crippen LogP contribution in [-0.4, -0.2) is 28.1 Å². The summed E-state index contributed by atoms with van der Waals surface area (Å²) in [5.74, 6) is 1.27. The molecular weight excluding hydrogens is 168 g/mol. The predicted molar refractivity (Wildman–Crippen MR) is 46.7 cm³/mol. The molecule has 1 aromatic rings. The van der Waals surface area contributed by atoms with E-state index in [1.165, 1.54) is 12.8 Å². The van der Waals surface area contributed by atoms with Gasteiger partial charge in [0.2, 0.25) is 5.89 Å². The van der Waals surface area contributed by atoms with Gasteiger partial charge in [0.25, 0.3) is 0 Å². The lowest BCUT2D eigenvalue weighted by atomic mass is 10.4. The van der Waals surface area contributed by atoms with Crippen molar-refractivity contribution in [1.82, 2.24) is 15.0 Å². The molecule has 2 heterocycles. The van der Waals surface area contributed by atoms with Crippen LogP contribution in [0.4, 0.5) is 0 Å². The Balaban J connectivity index is 1.92. The molecule has 0 atom stereocenters. The molecule has 5 nitrogen and oxygen atoms in total. The molecule has 0 bridgehead atoms. The van der Waals surface area contributed by atoms with Crippen molar-refractivity contribution in [1.29, 1.82) is 0 Å². The summed E-state index contributed by atoms with van der Waals surface area (Å²) in [5, 5.41) is 3.84. The van der Waals surface area contributed by atoms with Crippen molar-refractivity contribution in [3.63, 3.8) is 0 Å². The van der Waals surface area contributed by atoms with Gasteiger partial charge in [-0.15, -0.1) is 0 Å². The maximum atomic E-state index is 5.36. The normalized spacial score (nSPS) is 18.2. The van der Waals surface area contributed by atoms with E-state index < -0.39 is 0 Å². The summed E-state index contributed by atoms with van der Waals surface area (Å²) in [7, 11) is 0. The first kappa shape index (κ1) is 8.65. The van der Waals surface area contributed by atoms with Gasteiger partial charge >= 0.3 is 0 Å². The summed E-state index contributed by atoms with van der Waals surface area (Å²) in [4.78, 5) is 6.47. The van der Waals surface area contributed by atoms with Crippen molar-refractivity contribution in [3.05, 3.63) is 11.7 Å². The molecule has 0 aromatic carbocycles. The Morgan fingerprint density at radius 1 is 1.38 bits per heavy atom. The van der Waals surface area contributed by atoms with Crippen LogP contribution >= 0.6 is 0 Å². The maximum absolute atomic E-state index is 5.36. The molecule has 72 valence electrons. The van der Waals surface area contributed by atoms with Crippen molar-refractivity contribution in [2.45, 2.75) is 25.9 Å². The van der Waals surface area contributed by atoms with E-state index in [0.717, 1.165) is 25.5 Å². The highest BCUT2D eigenvalue weighted by Gasteiger charge is 2.14. The van der Waals surface area contributed by atoms with Gasteiger partial charge < -0.3 is 10.3 Å². The van der Waals surface area contributed by atoms with Crippen LogP contribution in [0.5, 0.6) is 0 Å². The molecule has 2 N–H and O–H groups in total. The minimum absolute atomic E-state index is 0.326. The largest absolute Gasteiger partial charge is 0.338 e. The third kappa shape index (κ3) is 2.05. The minimum atomic E-state index is 0.326. The summed E-state index contributed by atoms with van der Waals surface area (Å²) in [6, 6.07) is 0. The van der Waals surface area contributed by atoms with Gasteiger partial charge in [-0.2, -0.15) is 4.98 Å². The smallest absolute Gasteiger partial charge is 0.240 e. The molecular formula is C8H14N4O. The quantitative estimate of drug-likeness (QED) is 0.719.